The normalized spacial score (nSPS) is 11.9. The molecule has 6 nitrogen and oxygen atoms in total. The van der Waals surface area contributed by atoms with Crippen LogP contribution >= 0.6 is 0 Å². The summed E-state index contributed by atoms with van der Waals surface area (Å²) in [6.07, 6.45) is 26.8. The summed E-state index contributed by atoms with van der Waals surface area (Å²) in [6, 6.07) is 0. The molecule has 0 spiro atoms. The Morgan fingerprint density at radius 3 is 1.14 bits per heavy atom. The first-order valence-corrected chi connectivity index (χ1v) is 18.4. The second-order valence-corrected chi connectivity index (χ2v) is 13.0. The Kier molecular flexibility index (Phi) is 30.6. The first kappa shape index (κ1) is 41.4. The minimum Gasteiger partial charge on any atom is -0.462 e. The first-order valence-electron chi connectivity index (χ1n) is 18.4. The maximum atomic E-state index is 12.5. The van der Waals surface area contributed by atoms with Crippen molar-refractivity contribution in [3.8, 4) is 0 Å². The van der Waals surface area contributed by atoms with Gasteiger partial charge < -0.3 is 14.2 Å². The molecule has 6 heteroatoms. The summed E-state index contributed by atoms with van der Waals surface area (Å²) in [5.74, 6) is -0.0854. The summed E-state index contributed by atoms with van der Waals surface area (Å²) in [5.41, 5.74) is 0. The molecule has 0 fully saturated rings. The lowest BCUT2D eigenvalue weighted by Crippen LogP contribution is -2.30. The molecular formula is C37H70O6. The highest BCUT2D eigenvalue weighted by molar-refractivity contribution is 5.71. The third-order valence-electron chi connectivity index (χ3n) is 8.04. The van der Waals surface area contributed by atoms with Crippen molar-refractivity contribution in [2.24, 2.45) is 5.92 Å². The van der Waals surface area contributed by atoms with Crippen LogP contribution in [0.4, 0.5) is 0 Å². The molecule has 0 bridgehead atoms. The number of ether oxygens (including phenoxy) is 3. The van der Waals surface area contributed by atoms with E-state index in [1.165, 1.54) is 89.9 Å². The van der Waals surface area contributed by atoms with Gasteiger partial charge in [0.15, 0.2) is 6.10 Å². The standard InChI is InChI=1S/C37H70O6/c1-5-7-9-11-15-20-24-28-35(38)41-31-34(43-37(40)30-26-22-16-12-10-8-6-2)32-42-36(39)29-25-21-18-14-13-17-19-23-27-33(3)4/h33-34H,5-32H2,1-4H3/t34-/m1/s1. The fourth-order valence-corrected chi connectivity index (χ4v) is 5.21. The predicted octanol–water partition coefficient (Wildman–Crippen LogP) is 10.8. The second kappa shape index (κ2) is 31.8. The fourth-order valence-electron chi connectivity index (χ4n) is 5.21. The number of rotatable bonds is 32. The molecule has 0 saturated heterocycles. The van der Waals surface area contributed by atoms with Gasteiger partial charge in [-0.25, -0.2) is 0 Å². The van der Waals surface area contributed by atoms with Crippen LogP contribution in [0.3, 0.4) is 0 Å². The zero-order valence-electron chi connectivity index (χ0n) is 28.9. The minimum absolute atomic E-state index is 0.0668. The van der Waals surface area contributed by atoms with E-state index in [2.05, 4.69) is 27.7 Å². The van der Waals surface area contributed by atoms with Gasteiger partial charge in [-0.1, -0.05) is 156 Å². The van der Waals surface area contributed by atoms with Gasteiger partial charge in [0.05, 0.1) is 0 Å². The molecule has 43 heavy (non-hydrogen) atoms. The molecular weight excluding hydrogens is 540 g/mol. The quantitative estimate of drug-likeness (QED) is 0.0428. The topological polar surface area (TPSA) is 78.9 Å². The predicted molar refractivity (Wildman–Crippen MR) is 178 cm³/mol. The molecule has 0 rings (SSSR count). The van der Waals surface area contributed by atoms with Gasteiger partial charge in [0.1, 0.15) is 13.2 Å². The van der Waals surface area contributed by atoms with E-state index in [4.69, 9.17) is 14.2 Å². The molecule has 0 radical (unpaired) electrons. The van der Waals surface area contributed by atoms with Gasteiger partial charge in [-0.2, -0.15) is 0 Å². The Morgan fingerprint density at radius 1 is 0.442 bits per heavy atom. The minimum atomic E-state index is -0.755. The van der Waals surface area contributed by atoms with E-state index in [0.29, 0.717) is 19.3 Å². The Morgan fingerprint density at radius 2 is 0.767 bits per heavy atom. The van der Waals surface area contributed by atoms with E-state index in [1.807, 2.05) is 0 Å². The Bertz CT molecular complexity index is 647. The third-order valence-corrected chi connectivity index (χ3v) is 8.04. The van der Waals surface area contributed by atoms with Gasteiger partial charge in [-0.15, -0.1) is 0 Å². The van der Waals surface area contributed by atoms with Gasteiger partial charge in [0.2, 0.25) is 0 Å². The molecule has 0 N–H and O–H groups in total. The monoisotopic (exact) mass is 611 g/mol. The van der Waals surface area contributed by atoms with Gasteiger partial charge in [-0.3, -0.25) is 14.4 Å². The number of esters is 3. The second-order valence-electron chi connectivity index (χ2n) is 13.0. The van der Waals surface area contributed by atoms with Crippen molar-refractivity contribution in [1.82, 2.24) is 0 Å². The Hall–Kier alpha value is -1.59. The molecule has 254 valence electrons. The molecule has 0 aromatic rings. The molecule has 1 atom stereocenters. The molecule has 0 saturated carbocycles. The first-order chi connectivity index (χ1) is 20.9. The van der Waals surface area contributed by atoms with E-state index in [1.54, 1.807) is 0 Å². The molecule has 0 aromatic carbocycles. The van der Waals surface area contributed by atoms with Crippen LogP contribution < -0.4 is 0 Å². The van der Waals surface area contributed by atoms with Crippen molar-refractivity contribution >= 4 is 17.9 Å². The molecule has 0 amide bonds. The summed E-state index contributed by atoms with van der Waals surface area (Å²) < 4.78 is 16.5. The van der Waals surface area contributed by atoms with E-state index in [0.717, 1.165) is 63.7 Å². The average Bonchev–Trinajstić information content (AvgIpc) is 2.98. The van der Waals surface area contributed by atoms with Gasteiger partial charge in [0, 0.05) is 19.3 Å². The number of hydrogen-bond acceptors (Lipinski definition) is 6. The highest BCUT2D eigenvalue weighted by Crippen LogP contribution is 2.14. The van der Waals surface area contributed by atoms with Crippen molar-refractivity contribution in [3.05, 3.63) is 0 Å². The van der Waals surface area contributed by atoms with Crippen LogP contribution in [0.1, 0.15) is 195 Å². The fraction of sp³-hybridized carbons (Fsp3) is 0.919. The number of unbranched alkanes of at least 4 members (excludes halogenated alkanes) is 19. The SMILES string of the molecule is CCCCCCCCCC(=O)OC[C@H](COC(=O)CCCCCCCCCCC(C)C)OC(=O)CCCCCCCCC. The van der Waals surface area contributed by atoms with Crippen molar-refractivity contribution in [2.45, 2.75) is 201 Å². The number of carbonyl (C=O) groups is 3. The van der Waals surface area contributed by atoms with Gasteiger partial charge in [-0.05, 0) is 25.2 Å². The lowest BCUT2D eigenvalue weighted by Gasteiger charge is -2.18. The van der Waals surface area contributed by atoms with E-state index in [9.17, 15) is 14.4 Å². The molecule has 0 aliphatic heterocycles. The number of hydrogen-bond donors (Lipinski definition) is 0. The molecule has 0 unspecified atom stereocenters. The van der Waals surface area contributed by atoms with Crippen LogP contribution in [0.15, 0.2) is 0 Å². The van der Waals surface area contributed by atoms with Crippen molar-refractivity contribution in [1.29, 1.82) is 0 Å². The van der Waals surface area contributed by atoms with Crippen molar-refractivity contribution in [3.63, 3.8) is 0 Å². The summed E-state index contributed by atoms with van der Waals surface area (Å²) in [6.45, 7) is 8.84. The highest BCUT2D eigenvalue weighted by atomic mass is 16.6. The summed E-state index contributed by atoms with van der Waals surface area (Å²) in [7, 11) is 0. The molecule has 0 aliphatic carbocycles. The van der Waals surface area contributed by atoms with Gasteiger partial charge >= 0.3 is 17.9 Å². The van der Waals surface area contributed by atoms with Crippen LogP contribution in [-0.2, 0) is 28.6 Å². The molecule has 0 heterocycles. The maximum absolute atomic E-state index is 12.5. The maximum Gasteiger partial charge on any atom is 0.306 e. The van der Waals surface area contributed by atoms with Crippen LogP contribution in [0.25, 0.3) is 0 Å². The van der Waals surface area contributed by atoms with Gasteiger partial charge in [0.25, 0.3) is 0 Å². The zero-order valence-corrected chi connectivity index (χ0v) is 28.9. The average molecular weight is 611 g/mol. The summed E-state index contributed by atoms with van der Waals surface area (Å²) in [4.78, 5) is 37.1. The lowest BCUT2D eigenvalue weighted by molar-refractivity contribution is -0.167. The Balaban J connectivity index is 4.31. The summed E-state index contributed by atoms with van der Waals surface area (Å²) in [5, 5.41) is 0. The van der Waals surface area contributed by atoms with Crippen molar-refractivity contribution < 1.29 is 28.6 Å². The summed E-state index contributed by atoms with van der Waals surface area (Å²) >= 11 is 0. The highest BCUT2D eigenvalue weighted by Gasteiger charge is 2.19. The smallest absolute Gasteiger partial charge is 0.306 e. The molecule has 0 aromatic heterocycles. The van der Waals surface area contributed by atoms with E-state index < -0.39 is 6.10 Å². The van der Waals surface area contributed by atoms with Crippen LogP contribution in [0.2, 0.25) is 0 Å². The molecule has 0 aliphatic rings. The Labute approximate surface area is 266 Å². The van der Waals surface area contributed by atoms with E-state index in [-0.39, 0.29) is 31.1 Å². The van der Waals surface area contributed by atoms with Crippen LogP contribution in [-0.4, -0.2) is 37.2 Å². The van der Waals surface area contributed by atoms with E-state index >= 15 is 0 Å². The number of carbonyl (C=O) groups excluding carboxylic acids is 3. The van der Waals surface area contributed by atoms with Crippen LogP contribution in [0.5, 0.6) is 0 Å². The largest absolute Gasteiger partial charge is 0.462 e. The lowest BCUT2D eigenvalue weighted by atomic mass is 10.0. The third kappa shape index (κ3) is 31.6. The van der Waals surface area contributed by atoms with Crippen molar-refractivity contribution in [2.75, 3.05) is 13.2 Å². The zero-order chi connectivity index (χ0) is 31.8. The van der Waals surface area contributed by atoms with Crippen LogP contribution in [0, 0.1) is 5.92 Å².